The first-order valence-electron chi connectivity index (χ1n) is 6.92. The highest BCUT2D eigenvalue weighted by Crippen LogP contribution is 2.32. The molecule has 0 atom stereocenters. The van der Waals surface area contributed by atoms with E-state index in [0.717, 1.165) is 16.9 Å². The van der Waals surface area contributed by atoms with E-state index < -0.39 is 0 Å². The maximum atomic E-state index is 12.1. The van der Waals surface area contributed by atoms with Gasteiger partial charge in [0, 0.05) is 38.5 Å². The number of carbonyl (C=O) groups is 1. The normalized spacial score (nSPS) is 12.8. The zero-order chi connectivity index (χ0) is 15.5. The first-order chi connectivity index (χ1) is 10.6. The molecule has 0 radical (unpaired) electrons. The molecular formula is C16H17N3O3. The summed E-state index contributed by atoms with van der Waals surface area (Å²) in [6, 6.07) is 5.58. The zero-order valence-electron chi connectivity index (χ0n) is 12.5. The lowest BCUT2D eigenvalue weighted by Gasteiger charge is -2.13. The molecule has 114 valence electrons. The second kappa shape index (κ2) is 5.93. The number of carbonyl (C=O) groups excluding carboxylic acids is 1. The van der Waals surface area contributed by atoms with Gasteiger partial charge in [0.05, 0.1) is 6.20 Å². The molecule has 2 heterocycles. The van der Waals surface area contributed by atoms with Gasteiger partial charge in [0.2, 0.25) is 12.7 Å². The lowest BCUT2D eigenvalue weighted by molar-refractivity contribution is -0.125. The van der Waals surface area contributed by atoms with E-state index in [2.05, 4.69) is 5.10 Å². The molecule has 1 aliphatic rings. The molecule has 22 heavy (non-hydrogen) atoms. The number of hydrogen-bond acceptors (Lipinski definition) is 4. The molecule has 1 aromatic heterocycles. The van der Waals surface area contributed by atoms with Crippen LogP contribution in [0.3, 0.4) is 0 Å². The fourth-order valence-corrected chi connectivity index (χ4v) is 2.22. The van der Waals surface area contributed by atoms with E-state index in [1.807, 2.05) is 31.4 Å². The minimum atomic E-state index is -0.0680. The monoisotopic (exact) mass is 299 g/mol. The third kappa shape index (κ3) is 3.11. The van der Waals surface area contributed by atoms with Crippen molar-refractivity contribution >= 4 is 12.0 Å². The van der Waals surface area contributed by atoms with Gasteiger partial charge in [-0.25, -0.2) is 0 Å². The van der Waals surface area contributed by atoms with Crippen molar-refractivity contribution in [2.75, 3.05) is 13.8 Å². The summed E-state index contributed by atoms with van der Waals surface area (Å²) in [5.74, 6) is 1.37. The summed E-state index contributed by atoms with van der Waals surface area (Å²) in [5, 5.41) is 4.09. The largest absolute Gasteiger partial charge is 0.454 e. The summed E-state index contributed by atoms with van der Waals surface area (Å²) < 4.78 is 12.3. The Morgan fingerprint density at radius 2 is 2.23 bits per heavy atom. The van der Waals surface area contributed by atoms with Gasteiger partial charge < -0.3 is 14.4 Å². The van der Waals surface area contributed by atoms with Crippen LogP contribution in [0.5, 0.6) is 11.5 Å². The standard InChI is InChI=1S/C16H17N3O3/c1-18(9-13-8-17-19(2)10-13)16(20)6-4-12-3-5-14-15(7-12)22-11-21-14/h3-8,10H,9,11H2,1-2H3/b6-4+. The van der Waals surface area contributed by atoms with Gasteiger partial charge in [-0.15, -0.1) is 0 Å². The van der Waals surface area contributed by atoms with E-state index in [-0.39, 0.29) is 12.7 Å². The first kappa shape index (κ1) is 14.2. The van der Waals surface area contributed by atoms with Crippen LogP contribution in [0.15, 0.2) is 36.7 Å². The molecule has 1 amide bonds. The summed E-state index contributed by atoms with van der Waals surface area (Å²) in [6.07, 6.45) is 6.97. The van der Waals surface area contributed by atoms with Crippen LogP contribution in [-0.4, -0.2) is 34.4 Å². The van der Waals surface area contributed by atoms with Crippen molar-refractivity contribution in [3.63, 3.8) is 0 Å². The summed E-state index contributed by atoms with van der Waals surface area (Å²) in [5.41, 5.74) is 1.89. The molecule has 6 heteroatoms. The predicted octanol–water partition coefficient (Wildman–Crippen LogP) is 1.82. The molecule has 0 bridgehead atoms. The Balaban J connectivity index is 1.63. The second-order valence-corrected chi connectivity index (χ2v) is 5.16. The van der Waals surface area contributed by atoms with Crippen LogP contribution >= 0.6 is 0 Å². The zero-order valence-corrected chi connectivity index (χ0v) is 12.5. The molecule has 0 N–H and O–H groups in total. The van der Waals surface area contributed by atoms with E-state index in [4.69, 9.17) is 9.47 Å². The molecule has 3 rings (SSSR count). The van der Waals surface area contributed by atoms with Gasteiger partial charge in [-0.05, 0) is 23.8 Å². The summed E-state index contributed by atoms with van der Waals surface area (Å²) in [4.78, 5) is 13.8. The third-order valence-electron chi connectivity index (χ3n) is 3.37. The number of amides is 1. The van der Waals surface area contributed by atoms with E-state index in [9.17, 15) is 4.79 Å². The van der Waals surface area contributed by atoms with Gasteiger partial charge in [0.25, 0.3) is 0 Å². The van der Waals surface area contributed by atoms with Gasteiger partial charge in [-0.3, -0.25) is 9.48 Å². The SMILES string of the molecule is CN(Cc1cnn(C)c1)C(=O)/C=C/c1ccc2c(c1)OCO2. The van der Waals surface area contributed by atoms with Crippen molar-refractivity contribution in [3.05, 3.63) is 47.8 Å². The molecule has 0 aliphatic carbocycles. The maximum Gasteiger partial charge on any atom is 0.246 e. The average Bonchev–Trinajstić information content (AvgIpc) is 3.12. The highest BCUT2D eigenvalue weighted by molar-refractivity contribution is 5.91. The molecule has 2 aromatic rings. The quantitative estimate of drug-likeness (QED) is 0.808. The smallest absolute Gasteiger partial charge is 0.246 e. The Morgan fingerprint density at radius 3 is 3.00 bits per heavy atom. The number of benzene rings is 1. The Bertz CT molecular complexity index is 721. The minimum Gasteiger partial charge on any atom is -0.454 e. The van der Waals surface area contributed by atoms with Crippen LogP contribution in [0, 0.1) is 0 Å². The summed E-state index contributed by atoms with van der Waals surface area (Å²) >= 11 is 0. The van der Waals surface area contributed by atoms with Crippen molar-refractivity contribution in [2.24, 2.45) is 7.05 Å². The van der Waals surface area contributed by atoms with Crippen molar-refractivity contribution < 1.29 is 14.3 Å². The highest BCUT2D eigenvalue weighted by atomic mass is 16.7. The predicted molar refractivity (Wildman–Crippen MR) is 81.3 cm³/mol. The van der Waals surface area contributed by atoms with Crippen LogP contribution in [0.1, 0.15) is 11.1 Å². The fourth-order valence-electron chi connectivity index (χ4n) is 2.22. The first-order valence-corrected chi connectivity index (χ1v) is 6.92. The lowest BCUT2D eigenvalue weighted by Crippen LogP contribution is -2.23. The van der Waals surface area contributed by atoms with Gasteiger partial charge in [0.1, 0.15) is 0 Å². The number of fused-ring (bicyclic) bond motifs is 1. The Hall–Kier alpha value is -2.76. The average molecular weight is 299 g/mol. The van der Waals surface area contributed by atoms with Gasteiger partial charge in [-0.1, -0.05) is 6.07 Å². The second-order valence-electron chi connectivity index (χ2n) is 5.16. The number of nitrogens with zero attached hydrogens (tertiary/aromatic N) is 3. The van der Waals surface area contributed by atoms with Crippen LogP contribution in [0.2, 0.25) is 0 Å². The maximum absolute atomic E-state index is 12.1. The molecule has 0 saturated heterocycles. The Labute approximate surface area is 128 Å². The summed E-state index contributed by atoms with van der Waals surface area (Å²) in [7, 11) is 3.62. The number of ether oxygens (including phenoxy) is 2. The van der Waals surface area contributed by atoms with Crippen LogP contribution in [0.25, 0.3) is 6.08 Å². The van der Waals surface area contributed by atoms with Gasteiger partial charge in [-0.2, -0.15) is 5.10 Å². The van der Waals surface area contributed by atoms with E-state index in [1.54, 1.807) is 35.0 Å². The van der Waals surface area contributed by atoms with Crippen molar-refractivity contribution in [1.29, 1.82) is 0 Å². The number of aromatic nitrogens is 2. The summed E-state index contributed by atoms with van der Waals surface area (Å²) in [6.45, 7) is 0.771. The van der Waals surface area contributed by atoms with E-state index in [1.165, 1.54) is 0 Å². The fraction of sp³-hybridized carbons (Fsp3) is 0.250. The van der Waals surface area contributed by atoms with E-state index in [0.29, 0.717) is 12.3 Å². The number of rotatable bonds is 4. The number of aryl methyl sites for hydroxylation is 1. The van der Waals surface area contributed by atoms with Gasteiger partial charge in [0.15, 0.2) is 11.5 Å². The van der Waals surface area contributed by atoms with Crippen molar-refractivity contribution in [3.8, 4) is 11.5 Å². The van der Waals surface area contributed by atoms with Crippen molar-refractivity contribution in [1.82, 2.24) is 14.7 Å². The van der Waals surface area contributed by atoms with Crippen LogP contribution < -0.4 is 9.47 Å². The topological polar surface area (TPSA) is 56.6 Å². The molecule has 0 spiro atoms. The van der Waals surface area contributed by atoms with Crippen LogP contribution in [0.4, 0.5) is 0 Å². The van der Waals surface area contributed by atoms with Crippen LogP contribution in [-0.2, 0) is 18.4 Å². The number of hydrogen-bond donors (Lipinski definition) is 0. The molecule has 1 aromatic carbocycles. The lowest BCUT2D eigenvalue weighted by atomic mass is 10.2. The molecule has 1 aliphatic heterocycles. The highest BCUT2D eigenvalue weighted by Gasteiger charge is 2.12. The molecule has 0 unspecified atom stereocenters. The number of likely N-dealkylation sites (N-methyl/N-ethyl adjacent to an activating group) is 1. The van der Waals surface area contributed by atoms with E-state index >= 15 is 0 Å². The molecular weight excluding hydrogens is 282 g/mol. The van der Waals surface area contributed by atoms with Crippen molar-refractivity contribution in [2.45, 2.75) is 6.54 Å². The third-order valence-corrected chi connectivity index (χ3v) is 3.37. The minimum absolute atomic E-state index is 0.0680. The molecule has 0 fully saturated rings. The van der Waals surface area contributed by atoms with Gasteiger partial charge >= 0.3 is 0 Å². The molecule has 0 saturated carbocycles. The Morgan fingerprint density at radius 1 is 1.41 bits per heavy atom. The molecule has 6 nitrogen and oxygen atoms in total. The Kier molecular flexibility index (Phi) is 3.82.